The van der Waals surface area contributed by atoms with Gasteiger partial charge in [0, 0.05) is 32.1 Å². The number of aromatic nitrogens is 2. The van der Waals surface area contributed by atoms with Crippen molar-refractivity contribution in [2.45, 2.75) is 25.8 Å². The zero-order valence-electron chi connectivity index (χ0n) is 13.9. The maximum absolute atomic E-state index is 12.5. The van der Waals surface area contributed by atoms with Gasteiger partial charge in [-0.15, -0.1) is 0 Å². The zero-order chi connectivity index (χ0) is 16.9. The van der Waals surface area contributed by atoms with Crippen molar-refractivity contribution in [3.63, 3.8) is 0 Å². The highest BCUT2D eigenvalue weighted by Crippen LogP contribution is 2.19. The number of hydrogen-bond donors (Lipinski definition) is 2. The monoisotopic (exact) mass is 328 g/mol. The Hall–Kier alpha value is -2.34. The fourth-order valence-electron chi connectivity index (χ4n) is 3.12. The molecule has 6 heteroatoms. The molecule has 0 saturated carbocycles. The lowest BCUT2D eigenvalue weighted by Crippen LogP contribution is -2.46. The number of nitrogens with zero attached hydrogens (tertiary/aromatic N) is 3. The van der Waals surface area contributed by atoms with Crippen LogP contribution in [0, 0.1) is 5.92 Å². The van der Waals surface area contributed by atoms with E-state index in [-0.39, 0.29) is 24.6 Å². The number of rotatable bonds is 4. The van der Waals surface area contributed by atoms with Gasteiger partial charge in [0.2, 0.25) is 0 Å². The first-order chi connectivity index (χ1) is 11.7. The van der Waals surface area contributed by atoms with E-state index >= 15 is 0 Å². The molecule has 3 rings (SSSR count). The molecule has 0 aliphatic carbocycles. The number of hydrogen-bond acceptors (Lipinski definition) is 3. The van der Waals surface area contributed by atoms with Crippen molar-refractivity contribution in [3.05, 3.63) is 48.3 Å². The van der Waals surface area contributed by atoms with Gasteiger partial charge in [-0.1, -0.05) is 12.1 Å². The van der Waals surface area contributed by atoms with Crippen molar-refractivity contribution >= 4 is 6.03 Å². The molecule has 24 heavy (non-hydrogen) atoms. The average Bonchev–Trinajstić information content (AvgIpc) is 3.16. The van der Waals surface area contributed by atoms with Crippen molar-refractivity contribution in [1.82, 2.24) is 20.0 Å². The van der Waals surface area contributed by atoms with Gasteiger partial charge in [-0.2, -0.15) is 5.10 Å². The van der Waals surface area contributed by atoms with E-state index in [4.69, 9.17) is 0 Å². The van der Waals surface area contributed by atoms with Crippen LogP contribution in [0.5, 0.6) is 0 Å². The largest absolute Gasteiger partial charge is 0.396 e. The fraction of sp³-hybridized carbons (Fsp3) is 0.444. The predicted octanol–water partition coefficient (Wildman–Crippen LogP) is 2.35. The van der Waals surface area contributed by atoms with Crippen molar-refractivity contribution in [1.29, 1.82) is 0 Å². The summed E-state index contributed by atoms with van der Waals surface area (Å²) in [6.45, 7) is 3.50. The number of carbonyl (C=O) groups excluding carboxylic acids is 1. The van der Waals surface area contributed by atoms with Crippen molar-refractivity contribution < 1.29 is 9.90 Å². The molecule has 1 fully saturated rings. The maximum atomic E-state index is 12.5. The molecule has 1 aromatic heterocycles. The molecule has 2 atom stereocenters. The van der Waals surface area contributed by atoms with Crippen molar-refractivity contribution in [2.75, 3.05) is 19.7 Å². The molecule has 0 unspecified atom stereocenters. The van der Waals surface area contributed by atoms with Crippen LogP contribution in [0.15, 0.2) is 42.7 Å². The lowest BCUT2D eigenvalue weighted by atomic mass is 9.99. The summed E-state index contributed by atoms with van der Waals surface area (Å²) < 4.78 is 1.80. The van der Waals surface area contributed by atoms with Gasteiger partial charge in [0.1, 0.15) is 0 Å². The smallest absolute Gasteiger partial charge is 0.317 e. The number of aliphatic hydroxyl groups is 1. The molecule has 2 aromatic rings. The number of urea groups is 1. The van der Waals surface area contributed by atoms with Gasteiger partial charge < -0.3 is 15.3 Å². The Morgan fingerprint density at radius 2 is 2.33 bits per heavy atom. The summed E-state index contributed by atoms with van der Waals surface area (Å²) in [6.07, 6.45) is 5.57. The van der Waals surface area contributed by atoms with E-state index in [1.54, 1.807) is 15.8 Å². The number of amides is 2. The molecule has 0 bridgehead atoms. The van der Waals surface area contributed by atoms with Crippen LogP contribution in [-0.2, 0) is 0 Å². The normalized spacial score (nSPS) is 19.1. The third-order valence-corrected chi connectivity index (χ3v) is 4.54. The molecule has 2 heterocycles. The molecule has 0 radical (unpaired) electrons. The second kappa shape index (κ2) is 7.49. The predicted molar refractivity (Wildman–Crippen MR) is 91.9 cm³/mol. The average molecular weight is 328 g/mol. The number of benzene rings is 1. The Kier molecular flexibility index (Phi) is 5.15. The van der Waals surface area contributed by atoms with Gasteiger partial charge in [-0.25, -0.2) is 9.48 Å². The summed E-state index contributed by atoms with van der Waals surface area (Å²) >= 11 is 0. The summed E-state index contributed by atoms with van der Waals surface area (Å²) in [6, 6.07) is 9.72. The molecule has 128 valence electrons. The van der Waals surface area contributed by atoms with Crippen LogP contribution in [-0.4, -0.2) is 45.5 Å². The molecular weight excluding hydrogens is 304 g/mol. The highest BCUT2D eigenvalue weighted by atomic mass is 16.3. The Labute approximate surface area is 142 Å². The van der Waals surface area contributed by atoms with Crippen LogP contribution in [0.3, 0.4) is 0 Å². The van der Waals surface area contributed by atoms with Crippen LogP contribution >= 0.6 is 0 Å². The van der Waals surface area contributed by atoms with Crippen LogP contribution in [0.2, 0.25) is 0 Å². The molecule has 1 aromatic carbocycles. The van der Waals surface area contributed by atoms with E-state index in [2.05, 4.69) is 10.4 Å². The molecular formula is C18H24N4O2. The topological polar surface area (TPSA) is 70.4 Å². The summed E-state index contributed by atoms with van der Waals surface area (Å²) in [7, 11) is 0. The second-order valence-electron chi connectivity index (χ2n) is 6.35. The third kappa shape index (κ3) is 3.76. The van der Waals surface area contributed by atoms with Gasteiger partial charge in [0.05, 0.1) is 11.7 Å². The standard InChI is InChI=1S/C18H24N4O2/c1-14(20-18(24)21-9-3-5-15(12-21)13-23)16-6-2-7-17(11-16)22-10-4-8-19-22/h2,4,6-8,10-11,14-15,23H,3,5,9,12-13H2,1H3,(H,20,24)/t14-,15+/m0/s1. The number of nitrogens with one attached hydrogen (secondary N) is 1. The molecule has 0 spiro atoms. The van der Waals surface area contributed by atoms with Gasteiger partial charge in [-0.3, -0.25) is 0 Å². The Morgan fingerprint density at radius 1 is 1.46 bits per heavy atom. The minimum atomic E-state index is -0.0949. The molecule has 2 amide bonds. The fourth-order valence-corrected chi connectivity index (χ4v) is 3.12. The minimum Gasteiger partial charge on any atom is -0.396 e. The highest BCUT2D eigenvalue weighted by molar-refractivity contribution is 5.74. The van der Waals surface area contributed by atoms with Gasteiger partial charge in [-0.05, 0) is 49.4 Å². The van der Waals surface area contributed by atoms with E-state index in [0.717, 1.165) is 30.6 Å². The SMILES string of the molecule is C[C@H](NC(=O)N1CCC[C@@H](CO)C1)c1cccc(-n2cccn2)c1. The third-order valence-electron chi connectivity index (χ3n) is 4.54. The quantitative estimate of drug-likeness (QED) is 0.905. The van der Waals surface area contributed by atoms with E-state index in [9.17, 15) is 9.90 Å². The lowest BCUT2D eigenvalue weighted by molar-refractivity contribution is 0.128. The van der Waals surface area contributed by atoms with Gasteiger partial charge in [0.25, 0.3) is 0 Å². The molecule has 2 N–H and O–H groups in total. The van der Waals surface area contributed by atoms with Crippen LogP contribution in [0.25, 0.3) is 5.69 Å². The highest BCUT2D eigenvalue weighted by Gasteiger charge is 2.24. The van der Waals surface area contributed by atoms with Crippen molar-refractivity contribution in [2.24, 2.45) is 5.92 Å². The number of carbonyl (C=O) groups is 1. The van der Waals surface area contributed by atoms with Crippen LogP contribution in [0.1, 0.15) is 31.4 Å². The van der Waals surface area contributed by atoms with Gasteiger partial charge >= 0.3 is 6.03 Å². The van der Waals surface area contributed by atoms with Crippen molar-refractivity contribution in [3.8, 4) is 5.69 Å². The van der Waals surface area contributed by atoms with Crippen LogP contribution < -0.4 is 5.32 Å². The first-order valence-corrected chi connectivity index (χ1v) is 8.43. The van der Waals surface area contributed by atoms with Crippen LogP contribution in [0.4, 0.5) is 4.79 Å². The van der Waals surface area contributed by atoms with E-state index in [1.165, 1.54) is 0 Å². The molecule has 1 saturated heterocycles. The Morgan fingerprint density at radius 3 is 3.08 bits per heavy atom. The molecule has 6 nitrogen and oxygen atoms in total. The first kappa shape index (κ1) is 16.5. The molecule has 1 aliphatic rings. The summed E-state index contributed by atoms with van der Waals surface area (Å²) in [5.74, 6) is 0.197. The van der Waals surface area contributed by atoms with Gasteiger partial charge in [0.15, 0.2) is 0 Å². The Balaban J connectivity index is 1.65. The van der Waals surface area contributed by atoms with E-state index in [1.807, 2.05) is 43.5 Å². The zero-order valence-corrected chi connectivity index (χ0v) is 13.9. The second-order valence-corrected chi connectivity index (χ2v) is 6.35. The first-order valence-electron chi connectivity index (χ1n) is 8.43. The lowest BCUT2D eigenvalue weighted by Gasteiger charge is -2.32. The molecule has 1 aliphatic heterocycles. The number of piperidine rings is 1. The van der Waals surface area contributed by atoms with E-state index in [0.29, 0.717) is 6.54 Å². The maximum Gasteiger partial charge on any atom is 0.317 e. The number of aliphatic hydroxyl groups excluding tert-OH is 1. The summed E-state index contributed by atoms with van der Waals surface area (Å²) in [4.78, 5) is 14.3. The summed E-state index contributed by atoms with van der Waals surface area (Å²) in [5, 5.41) is 16.6. The number of likely N-dealkylation sites (tertiary alicyclic amines) is 1. The summed E-state index contributed by atoms with van der Waals surface area (Å²) in [5.41, 5.74) is 2.00. The van der Waals surface area contributed by atoms with E-state index < -0.39 is 0 Å². The Bertz CT molecular complexity index is 671. The minimum absolute atomic E-state index is 0.0647.